The number of hydrogen-bond acceptors (Lipinski definition) is 2. The lowest BCUT2D eigenvalue weighted by atomic mass is 9.79. The summed E-state index contributed by atoms with van der Waals surface area (Å²) in [4.78, 5) is 2.26. The normalized spacial score (nSPS) is 22.3. The van der Waals surface area contributed by atoms with Gasteiger partial charge in [0.25, 0.3) is 0 Å². The average molecular weight is 293 g/mol. The fraction of sp³-hybridized carbons (Fsp3) is 0.789. The summed E-state index contributed by atoms with van der Waals surface area (Å²) in [6, 6.07) is 0. The van der Waals surface area contributed by atoms with Crippen LogP contribution in [0.4, 0.5) is 0 Å². The van der Waals surface area contributed by atoms with E-state index in [9.17, 15) is 0 Å². The summed E-state index contributed by atoms with van der Waals surface area (Å²) >= 11 is 0. The zero-order valence-electron chi connectivity index (χ0n) is 14.9. The van der Waals surface area contributed by atoms with Gasteiger partial charge in [-0.15, -0.1) is 0 Å². The topological polar surface area (TPSA) is 15.3 Å². The Kier molecular flexibility index (Phi) is 8.94. The molecule has 0 saturated heterocycles. The highest BCUT2D eigenvalue weighted by Gasteiger charge is 2.21. The first-order valence-corrected chi connectivity index (χ1v) is 8.65. The van der Waals surface area contributed by atoms with Crippen LogP contribution in [-0.4, -0.2) is 38.6 Å². The zero-order chi connectivity index (χ0) is 15.7. The Morgan fingerprint density at radius 3 is 2.76 bits per heavy atom. The van der Waals surface area contributed by atoms with Crippen molar-refractivity contribution in [3.63, 3.8) is 0 Å². The van der Waals surface area contributed by atoms with Crippen molar-refractivity contribution in [1.82, 2.24) is 10.2 Å². The van der Waals surface area contributed by atoms with Gasteiger partial charge in [-0.1, -0.05) is 30.2 Å². The van der Waals surface area contributed by atoms with Crippen molar-refractivity contribution in [2.24, 2.45) is 11.8 Å². The lowest BCUT2D eigenvalue weighted by Crippen LogP contribution is -2.30. The van der Waals surface area contributed by atoms with Crippen molar-refractivity contribution in [3.8, 4) is 0 Å². The van der Waals surface area contributed by atoms with E-state index < -0.39 is 0 Å². The molecule has 122 valence electrons. The summed E-state index contributed by atoms with van der Waals surface area (Å²) in [5.74, 6) is 1.66. The van der Waals surface area contributed by atoms with Crippen LogP contribution < -0.4 is 5.32 Å². The van der Waals surface area contributed by atoms with Crippen LogP contribution in [0.2, 0.25) is 0 Å². The van der Waals surface area contributed by atoms with Gasteiger partial charge in [-0.2, -0.15) is 0 Å². The Morgan fingerprint density at radius 1 is 1.38 bits per heavy atom. The van der Waals surface area contributed by atoms with Crippen molar-refractivity contribution in [2.45, 2.75) is 52.9 Å². The van der Waals surface area contributed by atoms with E-state index in [1.165, 1.54) is 50.8 Å². The third-order valence-corrected chi connectivity index (χ3v) is 4.48. The minimum absolute atomic E-state index is 0.830. The minimum Gasteiger partial charge on any atom is -0.316 e. The van der Waals surface area contributed by atoms with Gasteiger partial charge in [-0.3, -0.25) is 0 Å². The molecule has 0 aliphatic heterocycles. The molecule has 0 heterocycles. The molecular formula is C19H36N2. The van der Waals surface area contributed by atoms with Crippen molar-refractivity contribution >= 4 is 0 Å². The van der Waals surface area contributed by atoms with E-state index >= 15 is 0 Å². The fourth-order valence-electron chi connectivity index (χ4n) is 3.06. The first kappa shape index (κ1) is 18.4. The van der Waals surface area contributed by atoms with E-state index in [4.69, 9.17) is 0 Å². The Bertz CT molecular complexity index is 337. The molecule has 0 amide bonds. The second-order valence-electron chi connectivity index (χ2n) is 7.22. The fourth-order valence-corrected chi connectivity index (χ4v) is 3.06. The molecule has 0 aromatic heterocycles. The molecule has 2 nitrogen and oxygen atoms in total. The first-order chi connectivity index (χ1) is 9.99. The molecule has 2 heteroatoms. The maximum Gasteiger partial charge on any atom is -0.00127 e. The first-order valence-electron chi connectivity index (χ1n) is 8.65. The largest absolute Gasteiger partial charge is 0.316 e. The second kappa shape index (κ2) is 10.2. The molecule has 1 N–H and O–H groups in total. The van der Waals surface area contributed by atoms with Crippen LogP contribution in [0, 0.1) is 11.8 Å². The van der Waals surface area contributed by atoms with E-state index in [0.717, 1.165) is 18.4 Å². The molecule has 1 rings (SSSR count). The van der Waals surface area contributed by atoms with Crippen molar-refractivity contribution < 1.29 is 0 Å². The molecule has 0 radical (unpaired) electrons. The highest BCUT2D eigenvalue weighted by Crippen LogP contribution is 2.31. The Balaban J connectivity index is 2.21. The lowest BCUT2D eigenvalue weighted by Gasteiger charge is -2.29. The van der Waals surface area contributed by atoms with Gasteiger partial charge in [0.15, 0.2) is 0 Å². The highest BCUT2D eigenvalue weighted by atomic mass is 15.1. The van der Waals surface area contributed by atoms with Crippen LogP contribution in [0.25, 0.3) is 0 Å². The molecule has 1 aliphatic rings. The van der Waals surface area contributed by atoms with E-state index in [2.05, 4.69) is 57.2 Å². The van der Waals surface area contributed by atoms with E-state index in [-0.39, 0.29) is 0 Å². The number of rotatable bonds is 9. The van der Waals surface area contributed by atoms with Crippen molar-refractivity contribution in [1.29, 1.82) is 0 Å². The Morgan fingerprint density at radius 2 is 2.14 bits per heavy atom. The van der Waals surface area contributed by atoms with E-state index in [0.29, 0.717) is 0 Å². The highest BCUT2D eigenvalue weighted by molar-refractivity contribution is 5.10. The smallest absolute Gasteiger partial charge is 0.00127 e. The molecule has 0 fully saturated rings. The zero-order valence-corrected chi connectivity index (χ0v) is 14.9. The SMILES string of the molecule is CC(C)=CCCC1=CC[C@@H](CNCCCN(C)C)[C@@H](C)C1. The summed E-state index contributed by atoms with van der Waals surface area (Å²) in [7, 11) is 4.29. The minimum atomic E-state index is 0.830. The Labute approximate surface area is 132 Å². The molecule has 21 heavy (non-hydrogen) atoms. The quantitative estimate of drug-likeness (QED) is 0.505. The summed E-state index contributed by atoms with van der Waals surface area (Å²) in [5.41, 5.74) is 3.13. The third kappa shape index (κ3) is 8.43. The summed E-state index contributed by atoms with van der Waals surface area (Å²) < 4.78 is 0. The predicted octanol–water partition coefficient (Wildman–Crippen LogP) is 4.25. The van der Waals surface area contributed by atoms with Gasteiger partial charge in [0.1, 0.15) is 0 Å². The summed E-state index contributed by atoms with van der Waals surface area (Å²) in [5, 5.41) is 3.65. The lowest BCUT2D eigenvalue weighted by molar-refractivity contribution is 0.316. The van der Waals surface area contributed by atoms with Crippen LogP contribution in [0.1, 0.15) is 52.9 Å². The van der Waals surface area contributed by atoms with Gasteiger partial charge in [-0.05, 0) is 91.5 Å². The van der Waals surface area contributed by atoms with Crippen molar-refractivity contribution in [3.05, 3.63) is 23.3 Å². The van der Waals surface area contributed by atoms with Gasteiger partial charge in [0, 0.05) is 0 Å². The monoisotopic (exact) mass is 292 g/mol. The molecule has 0 saturated carbocycles. The molecular weight excluding hydrogens is 256 g/mol. The molecule has 0 unspecified atom stereocenters. The van der Waals surface area contributed by atoms with Gasteiger partial charge in [0.2, 0.25) is 0 Å². The van der Waals surface area contributed by atoms with Crippen LogP contribution in [0.15, 0.2) is 23.3 Å². The maximum atomic E-state index is 3.65. The van der Waals surface area contributed by atoms with Gasteiger partial charge in [0.05, 0.1) is 0 Å². The average Bonchev–Trinajstić information content (AvgIpc) is 2.39. The van der Waals surface area contributed by atoms with Crippen LogP contribution >= 0.6 is 0 Å². The standard InChI is InChI=1S/C19H36N2/c1-16(2)8-6-9-18-10-11-19(17(3)14-18)15-20-12-7-13-21(4)5/h8,10,17,19-20H,6-7,9,11-15H2,1-5H3/t17-,19-/m0/s1. The van der Waals surface area contributed by atoms with E-state index in [1.54, 1.807) is 5.57 Å². The molecule has 0 bridgehead atoms. The number of nitrogens with one attached hydrogen (secondary N) is 1. The van der Waals surface area contributed by atoms with Crippen molar-refractivity contribution in [2.75, 3.05) is 33.7 Å². The molecule has 0 aromatic rings. The maximum absolute atomic E-state index is 3.65. The summed E-state index contributed by atoms with van der Waals surface area (Å²) in [6.45, 7) is 10.3. The van der Waals surface area contributed by atoms with Crippen LogP contribution in [-0.2, 0) is 0 Å². The third-order valence-electron chi connectivity index (χ3n) is 4.48. The van der Waals surface area contributed by atoms with E-state index in [1.807, 2.05) is 0 Å². The predicted molar refractivity (Wildman–Crippen MR) is 94.7 cm³/mol. The Hall–Kier alpha value is -0.600. The second-order valence-corrected chi connectivity index (χ2v) is 7.22. The van der Waals surface area contributed by atoms with Crippen LogP contribution in [0.3, 0.4) is 0 Å². The van der Waals surface area contributed by atoms with Gasteiger partial charge in [-0.25, -0.2) is 0 Å². The molecule has 2 atom stereocenters. The number of allylic oxidation sites excluding steroid dienone is 4. The molecule has 0 aromatic carbocycles. The van der Waals surface area contributed by atoms with Gasteiger partial charge >= 0.3 is 0 Å². The van der Waals surface area contributed by atoms with Crippen LogP contribution in [0.5, 0.6) is 0 Å². The number of nitrogens with zero attached hydrogens (tertiary/aromatic N) is 1. The number of hydrogen-bond donors (Lipinski definition) is 1. The molecule has 0 spiro atoms. The molecule has 1 aliphatic carbocycles. The summed E-state index contributed by atoms with van der Waals surface area (Å²) in [6.07, 6.45) is 11.2. The van der Waals surface area contributed by atoms with Gasteiger partial charge < -0.3 is 10.2 Å².